The van der Waals surface area contributed by atoms with E-state index in [1.807, 2.05) is 24.4 Å². The number of hydrogen-bond donors (Lipinski definition) is 1. The zero-order valence-corrected chi connectivity index (χ0v) is 16.9. The van der Waals surface area contributed by atoms with Crippen LogP contribution in [0.3, 0.4) is 0 Å². The highest BCUT2D eigenvalue weighted by Crippen LogP contribution is 2.36. The highest BCUT2D eigenvalue weighted by atomic mass is 32.1. The van der Waals surface area contributed by atoms with Crippen LogP contribution in [0.5, 0.6) is 0 Å². The zero-order chi connectivity index (χ0) is 19.8. The van der Waals surface area contributed by atoms with Crippen LogP contribution in [0.15, 0.2) is 71.4 Å². The maximum absolute atomic E-state index is 4.53. The van der Waals surface area contributed by atoms with Gasteiger partial charge in [-0.15, -0.1) is 11.3 Å². The monoisotopic (exact) mass is 397 g/mol. The summed E-state index contributed by atoms with van der Waals surface area (Å²) in [4.78, 5) is 9.82. The van der Waals surface area contributed by atoms with Gasteiger partial charge >= 0.3 is 0 Å². The summed E-state index contributed by atoms with van der Waals surface area (Å²) < 4.78 is 2.19. The number of hydrogen-bond acceptors (Lipinski definition) is 5. The Hall–Kier alpha value is -3.51. The molecule has 0 saturated carbocycles. The van der Waals surface area contributed by atoms with Crippen molar-refractivity contribution in [3.8, 4) is 11.1 Å². The minimum atomic E-state index is 0.712. The number of thiophene rings is 1. The number of para-hydroxylation sites is 1. The molecular weight excluding hydrogens is 378 g/mol. The maximum Gasteiger partial charge on any atom is 0.159 e. The van der Waals surface area contributed by atoms with Gasteiger partial charge in [-0.1, -0.05) is 48.5 Å². The van der Waals surface area contributed by atoms with Crippen LogP contribution in [0.25, 0.3) is 32.2 Å². The normalized spacial score (nSPS) is 11.7. The highest BCUT2D eigenvalue weighted by molar-refractivity contribution is 7.17. The molecule has 0 atom stereocenters. The van der Waals surface area contributed by atoms with Crippen LogP contribution < -0.4 is 5.43 Å². The van der Waals surface area contributed by atoms with E-state index in [1.54, 1.807) is 17.7 Å². The lowest BCUT2D eigenvalue weighted by Crippen LogP contribution is -1.97. The molecular formula is C23H19N5S. The molecule has 0 spiro atoms. The third-order valence-electron chi connectivity index (χ3n) is 5.27. The second kappa shape index (κ2) is 7.14. The van der Waals surface area contributed by atoms with Crippen LogP contribution in [0.4, 0.5) is 5.82 Å². The molecule has 3 aromatic heterocycles. The van der Waals surface area contributed by atoms with Gasteiger partial charge in [-0.05, 0) is 18.6 Å². The van der Waals surface area contributed by atoms with Crippen molar-refractivity contribution in [3.63, 3.8) is 0 Å². The second-order valence-corrected chi connectivity index (χ2v) is 7.72. The Kier molecular flexibility index (Phi) is 4.33. The Morgan fingerprint density at radius 1 is 1.03 bits per heavy atom. The Bertz CT molecular complexity index is 1350. The van der Waals surface area contributed by atoms with Gasteiger partial charge in [-0.25, -0.2) is 9.97 Å². The first kappa shape index (κ1) is 17.6. The summed E-state index contributed by atoms with van der Waals surface area (Å²) >= 11 is 1.61. The van der Waals surface area contributed by atoms with Crippen molar-refractivity contribution in [1.82, 2.24) is 14.5 Å². The molecule has 5 rings (SSSR count). The molecule has 0 bridgehead atoms. The quantitative estimate of drug-likeness (QED) is 0.317. The highest BCUT2D eigenvalue weighted by Gasteiger charge is 2.13. The predicted octanol–water partition coefficient (Wildman–Crippen LogP) is 5.60. The molecule has 0 aliphatic carbocycles. The van der Waals surface area contributed by atoms with Crippen molar-refractivity contribution in [2.75, 3.05) is 5.43 Å². The summed E-state index contributed by atoms with van der Waals surface area (Å²) in [6.45, 7) is 2.11. The molecule has 5 nitrogen and oxygen atoms in total. The molecule has 29 heavy (non-hydrogen) atoms. The van der Waals surface area contributed by atoms with Gasteiger partial charge in [0.25, 0.3) is 0 Å². The smallest absolute Gasteiger partial charge is 0.159 e. The van der Waals surface area contributed by atoms with Gasteiger partial charge in [0, 0.05) is 40.2 Å². The van der Waals surface area contributed by atoms with E-state index >= 15 is 0 Å². The van der Waals surface area contributed by atoms with Gasteiger partial charge in [-0.3, -0.25) is 5.43 Å². The molecule has 6 heteroatoms. The molecule has 0 aliphatic heterocycles. The molecule has 0 radical (unpaired) electrons. The Balaban J connectivity index is 1.54. The van der Waals surface area contributed by atoms with Gasteiger partial charge in [0.05, 0.1) is 11.6 Å². The largest absolute Gasteiger partial charge is 0.347 e. The molecule has 0 amide bonds. The van der Waals surface area contributed by atoms with Crippen molar-refractivity contribution in [3.05, 3.63) is 77.6 Å². The summed E-state index contributed by atoms with van der Waals surface area (Å²) in [5.41, 5.74) is 8.88. The van der Waals surface area contributed by atoms with Gasteiger partial charge in [0.2, 0.25) is 0 Å². The van der Waals surface area contributed by atoms with E-state index < -0.39 is 0 Å². The number of nitrogens with one attached hydrogen (secondary N) is 1. The Morgan fingerprint density at radius 3 is 2.69 bits per heavy atom. The van der Waals surface area contributed by atoms with Crippen LogP contribution in [-0.4, -0.2) is 20.7 Å². The predicted molar refractivity (Wildman–Crippen MR) is 122 cm³/mol. The van der Waals surface area contributed by atoms with E-state index in [9.17, 15) is 0 Å². The fraction of sp³-hybridized carbons (Fsp3) is 0.0870. The lowest BCUT2D eigenvalue weighted by Gasteiger charge is -2.04. The summed E-state index contributed by atoms with van der Waals surface area (Å²) in [5.74, 6) is 0.712. The molecule has 5 aromatic rings. The van der Waals surface area contributed by atoms with E-state index in [-0.39, 0.29) is 0 Å². The van der Waals surface area contributed by atoms with Crippen LogP contribution in [0.1, 0.15) is 11.3 Å². The molecule has 3 heterocycles. The van der Waals surface area contributed by atoms with Crippen molar-refractivity contribution in [2.24, 2.45) is 12.1 Å². The number of fused-ring (bicyclic) bond motifs is 2. The fourth-order valence-electron chi connectivity index (χ4n) is 3.66. The topological polar surface area (TPSA) is 55.1 Å². The molecule has 0 saturated heterocycles. The summed E-state index contributed by atoms with van der Waals surface area (Å²) in [6.07, 6.45) is 3.45. The third kappa shape index (κ3) is 2.98. The first-order chi connectivity index (χ1) is 14.2. The zero-order valence-electron chi connectivity index (χ0n) is 16.1. The summed E-state index contributed by atoms with van der Waals surface area (Å²) in [5, 5.41) is 8.83. The molecule has 1 N–H and O–H groups in total. The maximum atomic E-state index is 4.53. The molecule has 2 aromatic carbocycles. The number of benzene rings is 2. The van der Waals surface area contributed by atoms with E-state index in [1.165, 1.54) is 16.6 Å². The van der Waals surface area contributed by atoms with Crippen molar-refractivity contribution < 1.29 is 0 Å². The number of rotatable bonds is 4. The van der Waals surface area contributed by atoms with Gasteiger partial charge in [0.15, 0.2) is 5.82 Å². The first-order valence-corrected chi connectivity index (χ1v) is 10.2. The average molecular weight is 398 g/mol. The average Bonchev–Trinajstić information content (AvgIpc) is 3.30. The summed E-state index contributed by atoms with van der Waals surface area (Å²) in [6, 6.07) is 18.6. The second-order valence-electron chi connectivity index (χ2n) is 6.86. The Labute approximate surface area is 172 Å². The number of aromatic nitrogens is 3. The van der Waals surface area contributed by atoms with E-state index in [4.69, 9.17) is 0 Å². The minimum Gasteiger partial charge on any atom is -0.347 e. The van der Waals surface area contributed by atoms with Crippen LogP contribution >= 0.6 is 11.3 Å². The number of aryl methyl sites for hydroxylation is 1. The molecule has 0 aliphatic rings. The van der Waals surface area contributed by atoms with Gasteiger partial charge < -0.3 is 4.57 Å². The van der Waals surface area contributed by atoms with E-state index in [2.05, 4.69) is 80.8 Å². The number of nitrogens with zero attached hydrogens (tertiary/aromatic N) is 4. The molecule has 0 fully saturated rings. The summed E-state index contributed by atoms with van der Waals surface area (Å²) in [7, 11) is 2.08. The standard InChI is InChI=1S/C23H19N5S/c1-15-18(17-10-6-7-11-20(17)28(15)2)12-26-27-22-21-19(16-8-4-3-5-9-16)13-29-23(21)25-14-24-22/h3-14H,1-2H3,(H,24,25,27). The van der Waals surface area contributed by atoms with Crippen molar-refractivity contribution >= 4 is 44.5 Å². The Morgan fingerprint density at radius 2 is 1.83 bits per heavy atom. The fourth-order valence-corrected chi connectivity index (χ4v) is 4.58. The lowest BCUT2D eigenvalue weighted by atomic mass is 10.1. The lowest BCUT2D eigenvalue weighted by molar-refractivity contribution is 0.916. The number of anilines is 1. The van der Waals surface area contributed by atoms with Gasteiger partial charge in [-0.2, -0.15) is 5.10 Å². The minimum absolute atomic E-state index is 0.712. The van der Waals surface area contributed by atoms with Crippen LogP contribution in [-0.2, 0) is 7.05 Å². The van der Waals surface area contributed by atoms with Gasteiger partial charge in [0.1, 0.15) is 11.2 Å². The van der Waals surface area contributed by atoms with E-state index in [0.717, 1.165) is 26.9 Å². The van der Waals surface area contributed by atoms with Crippen molar-refractivity contribution in [1.29, 1.82) is 0 Å². The van der Waals surface area contributed by atoms with Crippen molar-refractivity contribution in [2.45, 2.75) is 6.92 Å². The van der Waals surface area contributed by atoms with Crippen LogP contribution in [0.2, 0.25) is 0 Å². The van der Waals surface area contributed by atoms with Crippen LogP contribution in [0, 0.1) is 6.92 Å². The SMILES string of the molecule is Cc1c(C=NNc2ncnc3scc(-c4ccccc4)c23)c2ccccc2n1C. The number of hydrazone groups is 1. The first-order valence-electron chi connectivity index (χ1n) is 9.35. The molecule has 0 unspecified atom stereocenters. The third-order valence-corrected chi connectivity index (χ3v) is 6.15. The van der Waals surface area contributed by atoms with E-state index in [0.29, 0.717) is 5.82 Å². The molecule has 142 valence electrons.